The predicted octanol–water partition coefficient (Wildman–Crippen LogP) is 3.24. The van der Waals surface area contributed by atoms with Gasteiger partial charge >= 0.3 is 0 Å². The SMILES string of the molecule is Nc1ccsc1CNC1C2CC3CC(C2)CC1C3. The molecule has 18 heavy (non-hydrogen) atoms. The number of hydrogen-bond acceptors (Lipinski definition) is 3. The number of hydrogen-bond donors (Lipinski definition) is 2. The van der Waals surface area contributed by atoms with Gasteiger partial charge in [-0.15, -0.1) is 11.3 Å². The Balaban J connectivity index is 1.45. The molecule has 4 aliphatic rings. The topological polar surface area (TPSA) is 38.0 Å². The Kier molecular flexibility index (Phi) is 2.66. The molecule has 4 aliphatic carbocycles. The van der Waals surface area contributed by atoms with Crippen LogP contribution in [0.1, 0.15) is 37.0 Å². The van der Waals surface area contributed by atoms with E-state index in [9.17, 15) is 0 Å². The lowest BCUT2D eigenvalue weighted by Crippen LogP contribution is -2.54. The Labute approximate surface area is 113 Å². The Bertz CT molecular complexity index is 411. The van der Waals surface area contributed by atoms with E-state index in [0.29, 0.717) is 0 Å². The van der Waals surface area contributed by atoms with Crippen LogP contribution in [0, 0.1) is 23.7 Å². The van der Waals surface area contributed by atoms with E-state index in [1.54, 1.807) is 11.3 Å². The van der Waals surface area contributed by atoms with Gasteiger partial charge in [0.25, 0.3) is 0 Å². The molecule has 1 heterocycles. The summed E-state index contributed by atoms with van der Waals surface area (Å²) in [6.45, 7) is 0.983. The first-order valence-corrected chi connectivity index (χ1v) is 8.23. The summed E-state index contributed by atoms with van der Waals surface area (Å²) < 4.78 is 0. The van der Waals surface area contributed by atoms with Gasteiger partial charge in [-0.05, 0) is 67.2 Å². The molecule has 0 atom stereocenters. The van der Waals surface area contributed by atoms with Crippen molar-refractivity contribution in [2.45, 2.75) is 44.7 Å². The molecule has 0 aromatic carbocycles. The van der Waals surface area contributed by atoms with E-state index in [1.165, 1.54) is 37.0 Å². The van der Waals surface area contributed by atoms with Gasteiger partial charge in [-0.25, -0.2) is 0 Å². The standard InChI is InChI=1S/C15H22N2S/c16-13-1-2-18-14(13)8-17-15-11-4-9-3-10(6-11)7-12(15)5-9/h1-2,9-12,15,17H,3-8,16H2. The van der Waals surface area contributed by atoms with Crippen LogP contribution in [-0.2, 0) is 6.54 Å². The number of nitrogens with one attached hydrogen (secondary N) is 1. The smallest absolute Gasteiger partial charge is 0.0468 e. The molecule has 3 heteroatoms. The molecule has 0 radical (unpaired) electrons. The summed E-state index contributed by atoms with van der Waals surface area (Å²) in [5, 5.41) is 5.94. The maximum Gasteiger partial charge on any atom is 0.0468 e. The fourth-order valence-electron chi connectivity index (χ4n) is 4.96. The van der Waals surface area contributed by atoms with E-state index in [0.717, 1.165) is 41.9 Å². The van der Waals surface area contributed by atoms with Crippen LogP contribution in [0.15, 0.2) is 11.4 Å². The summed E-state index contributed by atoms with van der Waals surface area (Å²) in [5.74, 6) is 4.06. The second-order valence-electron chi connectivity index (χ2n) is 6.64. The Morgan fingerprint density at radius 2 is 1.78 bits per heavy atom. The first-order chi connectivity index (χ1) is 8.79. The molecular weight excluding hydrogens is 240 g/mol. The highest BCUT2D eigenvalue weighted by molar-refractivity contribution is 7.10. The van der Waals surface area contributed by atoms with Crippen LogP contribution >= 0.6 is 11.3 Å². The number of nitrogens with two attached hydrogens (primary N) is 1. The lowest BCUT2D eigenvalue weighted by Gasteiger charge is -2.54. The minimum Gasteiger partial charge on any atom is -0.398 e. The average molecular weight is 262 g/mol. The zero-order chi connectivity index (χ0) is 12.1. The van der Waals surface area contributed by atoms with Crippen LogP contribution in [0.4, 0.5) is 5.69 Å². The number of rotatable bonds is 3. The van der Waals surface area contributed by atoms with Crippen LogP contribution in [0.3, 0.4) is 0 Å². The summed E-state index contributed by atoms with van der Waals surface area (Å²) in [6, 6.07) is 2.80. The van der Waals surface area contributed by atoms with Gasteiger partial charge in [0.05, 0.1) is 0 Å². The third-order valence-corrected chi connectivity index (χ3v) is 6.44. The second-order valence-corrected chi connectivity index (χ2v) is 7.64. The maximum atomic E-state index is 5.97. The van der Waals surface area contributed by atoms with Crippen molar-refractivity contribution in [1.82, 2.24) is 5.32 Å². The Hall–Kier alpha value is -0.540. The van der Waals surface area contributed by atoms with E-state index >= 15 is 0 Å². The van der Waals surface area contributed by atoms with Gasteiger partial charge in [0.2, 0.25) is 0 Å². The lowest BCUT2D eigenvalue weighted by molar-refractivity contribution is -0.0141. The third-order valence-electron chi connectivity index (χ3n) is 5.50. The third kappa shape index (κ3) is 1.79. The molecule has 1 aromatic rings. The van der Waals surface area contributed by atoms with Gasteiger partial charge < -0.3 is 11.1 Å². The molecule has 0 saturated heterocycles. The van der Waals surface area contributed by atoms with Crippen molar-refractivity contribution in [3.05, 3.63) is 16.3 Å². The maximum absolute atomic E-state index is 5.97. The molecular formula is C15H22N2S. The van der Waals surface area contributed by atoms with Gasteiger partial charge in [-0.1, -0.05) is 0 Å². The molecule has 0 aliphatic heterocycles. The van der Waals surface area contributed by atoms with E-state index in [-0.39, 0.29) is 0 Å². The minimum atomic E-state index is 0.777. The molecule has 4 bridgehead atoms. The molecule has 0 amide bonds. The minimum absolute atomic E-state index is 0.777. The fourth-order valence-corrected chi connectivity index (χ4v) is 5.71. The highest BCUT2D eigenvalue weighted by atomic mass is 32.1. The van der Waals surface area contributed by atoms with Gasteiger partial charge in [-0.2, -0.15) is 0 Å². The van der Waals surface area contributed by atoms with Crippen molar-refractivity contribution in [3.63, 3.8) is 0 Å². The Morgan fingerprint density at radius 3 is 2.33 bits per heavy atom. The summed E-state index contributed by atoms with van der Waals surface area (Å²) in [4.78, 5) is 1.32. The molecule has 2 nitrogen and oxygen atoms in total. The summed E-state index contributed by atoms with van der Waals surface area (Å²) in [6.07, 6.45) is 7.50. The van der Waals surface area contributed by atoms with Gasteiger partial charge in [-0.3, -0.25) is 0 Å². The number of anilines is 1. The molecule has 4 saturated carbocycles. The monoisotopic (exact) mass is 262 g/mol. The van der Waals surface area contributed by atoms with E-state index < -0.39 is 0 Å². The van der Waals surface area contributed by atoms with Crippen LogP contribution in [0.5, 0.6) is 0 Å². The van der Waals surface area contributed by atoms with Crippen molar-refractivity contribution in [1.29, 1.82) is 0 Å². The lowest BCUT2D eigenvalue weighted by atomic mass is 9.54. The van der Waals surface area contributed by atoms with Crippen molar-refractivity contribution in [3.8, 4) is 0 Å². The van der Waals surface area contributed by atoms with Gasteiger partial charge in [0, 0.05) is 23.2 Å². The van der Waals surface area contributed by atoms with Crippen molar-refractivity contribution < 1.29 is 0 Å². The molecule has 0 spiro atoms. The first kappa shape index (κ1) is 11.3. The molecule has 3 N–H and O–H groups in total. The van der Waals surface area contributed by atoms with Crippen molar-refractivity contribution >= 4 is 17.0 Å². The van der Waals surface area contributed by atoms with E-state index in [1.807, 2.05) is 6.07 Å². The van der Waals surface area contributed by atoms with Crippen LogP contribution in [0.25, 0.3) is 0 Å². The largest absolute Gasteiger partial charge is 0.398 e. The molecule has 0 unspecified atom stereocenters. The molecule has 5 rings (SSSR count). The van der Waals surface area contributed by atoms with Crippen molar-refractivity contribution in [2.75, 3.05) is 5.73 Å². The van der Waals surface area contributed by atoms with Crippen molar-refractivity contribution in [2.24, 2.45) is 23.7 Å². The summed E-state index contributed by atoms with van der Waals surface area (Å²) in [5.41, 5.74) is 6.94. The highest BCUT2D eigenvalue weighted by Crippen LogP contribution is 2.53. The Morgan fingerprint density at radius 1 is 1.11 bits per heavy atom. The van der Waals surface area contributed by atoms with Crippen LogP contribution < -0.4 is 11.1 Å². The normalized spacial score (nSPS) is 41.4. The molecule has 98 valence electrons. The zero-order valence-corrected chi connectivity index (χ0v) is 11.6. The number of nitrogen functional groups attached to an aromatic ring is 1. The fraction of sp³-hybridized carbons (Fsp3) is 0.733. The first-order valence-electron chi connectivity index (χ1n) is 7.35. The second kappa shape index (κ2) is 4.24. The summed E-state index contributed by atoms with van der Waals surface area (Å²) >= 11 is 1.79. The zero-order valence-electron chi connectivity index (χ0n) is 10.8. The predicted molar refractivity (Wildman–Crippen MR) is 76.4 cm³/mol. The highest BCUT2D eigenvalue weighted by Gasteiger charge is 2.47. The summed E-state index contributed by atoms with van der Waals surface area (Å²) in [7, 11) is 0. The van der Waals surface area contributed by atoms with E-state index in [4.69, 9.17) is 5.73 Å². The molecule has 4 fully saturated rings. The molecule has 1 aromatic heterocycles. The number of thiophene rings is 1. The van der Waals surface area contributed by atoms with Gasteiger partial charge in [0.1, 0.15) is 0 Å². The average Bonchev–Trinajstić information content (AvgIpc) is 2.73. The van der Waals surface area contributed by atoms with Crippen LogP contribution in [0.2, 0.25) is 0 Å². The van der Waals surface area contributed by atoms with E-state index in [2.05, 4.69) is 10.7 Å². The quantitative estimate of drug-likeness (QED) is 0.877. The van der Waals surface area contributed by atoms with Gasteiger partial charge in [0.15, 0.2) is 0 Å². The van der Waals surface area contributed by atoms with Crippen LogP contribution in [-0.4, -0.2) is 6.04 Å².